The Bertz CT molecular complexity index is 987. The van der Waals surface area contributed by atoms with Gasteiger partial charge in [-0.3, -0.25) is 20.1 Å². The summed E-state index contributed by atoms with van der Waals surface area (Å²) >= 11 is 0. The Kier molecular flexibility index (Phi) is 5.51. The molecule has 0 unspecified atom stereocenters. The van der Waals surface area contributed by atoms with Crippen molar-refractivity contribution >= 4 is 28.5 Å². The summed E-state index contributed by atoms with van der Waals surface area (Å²) in [6.07, 6.45) is 1.56. The van der Waals surface area contributed by atoms with E-state index in [1.54, 1.807) is 45.7 Å². The topological polar surface area (TPSA) is 84.8 Å². The lowest BCUT2D eigenvalue weighted by atomic mass is 10.1. The van der Waals surface area contributed by atoms with Crippen LogP contribution in [-0.4, -0.2) is 38.1 Å². The summed E-state index contributed by atoms with van der Waals surface area (Å²) in [6, 6.07) is 14.6. The number of aromatic nitrogens is 1. The molecule has 1 aromatic heterocycles. The van der Waals surface area contributed by atoms with Crippen LogP contribution in [0.25, 0.3) is 10.9 Å². The first-order valence-electron chi connectivity index (χ1n) is 8.27. The van der Waals surface area contributed by atoms with Crippen LogP contribution in [0.3, 0.4) is 0 Å². The monoisotopic (exact) mass is 364 g/mol. The van der Waals surface area contributed by atoms with Crippen LogP contribution in [0.15, 0.2) is 59.7 Å². The van der Waals surface area contributed by atoms with Crippen LogP contribution in [0.1, 0.15) is 10.4 Å². The number of amides is 1. The largest absolute Gasteiger partial charge is 0.496 e. The molecule has 0 saturated carbocycles. The van der Waals surface area contributed by atoms with Gasteiger partial charge in [-0.25, -0.2) is 0 Å². The Labute approximate surface area is 157 Å². The molecular formula is C20H20N4O3. The molecule has 0 spiro atoms. The Morgan fingerprint density at radius 3 is 2.37 bits per heavy atom. The van der Waals surface area contributed by atoms with Crippen molar-refractivity contribution in [2.45, 2.75) is 0 Å². The van der Waals surface area contributed by atoms with E-state index in [1.165, 1.54) is 0 Å². The van der Waals surface area contributed by atoms with Crippen molar-refractivity contribution in [2.24, 2.45) is 4.99 Å². The van der Waals surface area contributed by atoms with Crippen molar-refractivity contribution in [3.05, 3.63) is 60.3 Å². The van der Waals surface area contributed by atoms with E-state index in [2.05, 4.69) is 20.6 Å². The van der Waals surface area contributed by atoms with Crippen LogP contribution < -0.4 is 20.1 Å². The molecule has 0 atom stereocenters. The molecule has 0 aliphatic heterocycles. The molecule has 0 fully saturated rings. The van der Waals surface area contributed by atoms with E-state index in [-0.39, 0.29) is 5.91 Å². The van der Waals surface area contributed by atoms with Gasteiger partial charge in [-0.2, -0.15) is 0 Å². The molecule has 1 amide bonds. The summed E-state index contributed by atoms with van der Waals surface area (Å²) in [4.78, 5) is 21.4. The minimum Gasteiger partial charge on any atom is -0.496 e. The van der Waals surface area contributed by atoms with Gasteiger partial charge in [-0.05, 0) is 30.3 Å². The molecule has 0 radical (unpaired) electrons. The summed E-state index contributed by atoms with van der Waals surface area (Å²) in [5.41, 5.74) is 1.78. The van der Waals surface area contributed by atoms with E-state index in [0.717, 1.165) is 5.69 Å². The predicted molar refractivity (Wildman–Crippen MR) is 106 cm³/mol. The van der Waals surface area contributed by atoms with Crippen LogP contribution in [0.4, 0.5) is 5.69 Å². The molecule has 138 valence electrons. The average Bonchev–Trinajstić information content (AvgIpc) is 2.72. The maximum atomic E-state index is 12.9. The Hall–Kier alpha value is -3.61. The normalized spacial score (nSPS) is 11.1. The second-order valence-corrected chi connectivity index (χ2v) is 5.57. The van der Waals surface area contributed by atoms with Gasteiger partial charge >= 0.3 is 0 Å². The zero-order chi connectivity index (χ0) is 19.2. The third kappa shape index (κ3) is 3.82. The number of benzene rings is 2. The molecule has 1 heterocycles. The molecular weight excluding hydrogens is 344 g/mol. The molecule has 7 heteroatoms. The number of nitrogens with zero attached hydrogens (tertiary/aromatic N) is 2. The lowest BCUT2D eigenvalue weighted by Gasteiger charge is -2.14. The molecule has 7 nitrogen and oxygen atoms in total. The van der Waals surface area contributed by atoms with Crippen molar-refractivity contribution < 1.29 is 14.3 Å². The minimum absolute atomic E-state index is 0.332. The number of methoxy groups -OCH3 is 2. The smallest absolute Gasteiger partial charge is 0.258 e. The molecule has 0 saturated heterocycles. The summed E-state index contributed by atoms with van der Waals surface area (Å²) in [6.45, 7) is 0. The fourth-order valence-corrected chi connectivity index (χ4v) is 2.71. The van der Waals surface area contributed by atoms with E-state index in [0.29, 0.717) is 33.9 Å². The third-order valence-electron chi connectivity index (χ3n) is 3.99. The molecule has 3 aromatic rings. The van der Waals surface area contributed by atoms with Gasteiger partial charge in [0.15, 0.2) is 0 Å². The van der Waals surface area contributed by atoms with Crippen molar-refractivity contribution in [1.82, 2.24) is 10.3 Å². The van der Waals surface area contributed by atoms with Crippen molar-refractivity contribution in [3.8, 4) is 11.5 Å². The highest BCUT2D eigenvalue weighted by atomic mass is 16.5. The lowest BCUT2D eigenvalue weighted by molar-refractivity contribution is 0.0978. The number of aliphatic imine (C=N–C) groups is 1. The summed E-state index contributed by atoms with van der Waals surface area (Å²) in [7, 11) is 4.70. The Morgan fingerprint density at radius 2 is 1.70 bits per heavy atom. The maximum Gasteiger partial charge on any atom is 0.258 e. The number of anilines is 1. The summed E-state index contributed by atoms with van der Waals surface area (Å²) in [5.74, 6) is 1.10. The third-order valence-corrected chi connectivity index (χ3v) is 3.99. The van der Waals surface area contributed by atoms with Crippen molar-refractivity contribution in [3.63, 3.8) is 0 Å². The Balaban J connectivity index is 1.95. The number of carbonyl (C=O) groups is 1. The fourth-order valence-electron chi connectivity index (χ4n) is 2.71. The number of rotatable bonds is 4. The zero-order valence-corrected chi connectivity index (χ0v) is 15.3. The predicted octanol–water partition coefficient (Wildman–Crippen LogP) is 3.08. The number of nitrogens with one attached hydrogen (secondary N) is 2. The molecule has 27 heavy (non-hydrogen) atoms. The lowest BCUT2D eigenvalue weighted by Crippen LogP contribution is -2.36. The van der Waals surface area contributed by atoms with E-state index >= 15 is 0 Å². The molecule has 2 aromatic carbocycles. The standard InChI is InChI=1S/C20H20N4O3/c1-21-20(23-13-7-5-4-6-8-13)24-19(25)14-11-12-22-18-16(27-3)10-9-15(26-2)17(14)18/h4-12H,1-3H3,(H2,21,23,24,25). The quantitative estimate of drug-likeness (QED) is 0.549. The van der Waals surface area contributed by atoms with Gasteiger partial charge in [0.25, 0.3) is 5.91 Å². The second kappa shape index (κ2) is 8.18. The first kappa shape index (κ1) is 18.2. The van der Waals surface area contributed by atoms with Crippen LogP contribution in [0.5, 0.6) is 11.5 Å². The van der Waals surface area contributed by atoms with Gasteiger partial charge in [0.05, 0.1) is 25.2 Å². The SMILES string of the molecule is CN=C(NC(=O)c1ccnc2c(OC)ccc(OC)c12)Nc1ccccc1. The first-order chi connectivity index (χ1) is 13.2. The van der Waals surface area contributed by atoms with Gasteiger partial charge in [0, 0.05) is 18.9 Å². The van der Waals surface area contributed by atoms with Crippen molar-refractivity contribution in [1.29, 1.82) is 0 Å². The molecule has 3 rings (SSSR count). The number of carbonyl (C=O) groups excluding carboxylic acids is 1. The minimum atomic E-state index is -0.335. The highest BCUT2D eigenvalue weighted by Crippen LogP contribution is 2.33. The van der Waals surface area contributed by atoms with E-state index in [4.69, 9.17) is 9.47 Å². The zero-order valence-electron chi connectivity index (χ0n) is 15.3. The van der Waals surface area contributed by atoms with Crippen LogP contribution in [0, 0.1) is 0 Å². The molecule has 0 bridgehead atoms. The second-order valence-electron chi connectivity index (χ2n) is 5.57. The number of hydrogen-bond acceptors (Lipinski definition) is 5. The van der Waals surface area contributed by atoms with Gasteiger partial charge < -0.3 is 14.8 Å². The van der Waals surface area contributed by atoms with Gasteiger partial charge in [-0.15, -0.1) is 0 Å². The molecule has 0 aliphatic carbocycles. The van der Waals surface area contributed by atoms with E-state index in [1.807, 2.05) is 30.3 Å². The number of para-hydroxylation sites is 1. The number of guanidine groups is 1. The van der Waals surface area contributed by atoms with Crippen LogP contribution in [0.2, 0.25) is 0 Å². The molecule has 0 aliphatic rings. The highest BCUT2D eigenvalue weighted by Gasteiger charge is 2.18. The maximum absolute atomic E-state index is 12.9. The van der Waals surface area contributed by atoms with Crippen molar-refractivity contribution in [2.75, 3.05) is 26.6 Å². The average molecular weight is 364 g/mol. The van der Waals surface area contributed by atoms with E-state index < -0.39 is 0 Å². The number of ether oxygens (including phenoxy) is 2. The number of pyridine rings is 1. The number of hydrogen-bond donors (Lipinski definition) is 2. The highest BCUT2D eigenvalue weighted by molar-refractivity contribution is 6.16. The molecule has 2 N–H and O–H groups in total. The number of fused-ring (bicyclic) bond motifs is 1. The summed E-state index contributed by atoms with van der Waals surface area (Å²) in [5, 5.41) is 6.44. The summed E-state index contributed by atoms with van der Waals surface area (Å²) < 4.78 is 10.8. The van der Waals surface area contributed by atoms with Gasteiger partial charge in [0.1, 0.15) is 17.0 Å². The van der Waals surface area contributed by atoms with Gasteiger partial charge in [0.2, 0.25) is 5.96 Å². The van der Waals surface area contributed by atoms with Gasteiger partial charge in [-0.1, -0.05) is 18.2 Å². The van der Waals surface area contributed by atoms with Crippen LogP contribution in [-0.2, 0) is 0 Å². The van der Waals surface area contributed by atoms with Crippen LogP contribution >= 0.6 is 0 Å². The van der Waals surface area contributed by atoms with E-state index in [9.17, 15) is 4.79 Å². The fraction of sp³-hybridized carbons (Fsp3) is 0.150. The Morgan fingerprint density at radius 1 is 1.00 bits per heavy atom. The first-order valence-corrected chi connectivity index (χ1v) is 8.27.